The molecule has 0 amide bonds. The van der Waals surface area contributed by atoms with Gasteiger partial charge in [0.2, 0.25) is 0 Å². The third-order valence-electron chi connectivity index (χ3n) is 4.97. The Morgan fingerprint density at radius 1 is 1.18 bits per heavy atom. The molecule has 0 atom stereocenters. The van der Waals surface area contributed by atoms with Crippen molar-refractivity contribution in [2.24, 2.45) is 0 Å². The van der Waals surface area contributed by atoms with E-state index in [-0.39, 0.29) is 29.2 Å². The van der Waals surface area contributed by atoms with Crippen LogP contribution in [0.2, 0.25) is 25.7 Å². The Labute approximate surface area is 195 Å². The Balaban J connectivity index is 1.91. The molecule has 0 aliphatic heterocycles. The number of halogens is 3. The molecule has 0 aliphatic carbocycles. The molecule has 182 valence electrons. The Hall–Kier alpha value is -3.25. The number of aryl methyl sites for hydroxylation is 1. The largest absolute Gasteiger partial charge is 0.484 e. The number of alkyl halides is 2. The van der Waals surface area contributed by atoms with Crippen LogP contribution in [0, 0.1) is 15.9 Å². The first kappa shape index (κ1) is 25.4. The van der Waals surface area contributed by atoms with Gasteiger partial charge in [-0.05, 0) is 18.1 Å². The topological polar surface area (TPSA) is 99.4 Å². The summed E-state index contributed by atoms with van der Waals surface area (Å²) in [6.45, 7) is 2.93. The van der Waals surface area contributed by atoms with Gasteiger partial charge < -0.3 is 14.8 Å². The predicted molar refractivity (Wildman–Crippen MR) is 125 cm³/mol. The van der Waals surface area contributed by atoms with E-state index in [2.05, 4.69) is 39.7 Å². The zero-order chi connectivity index (χ0) is 24.9. The second-order valence-electron chi connectivity index (χ2n) is 8.76. The van der Waals surface area contributed by atoms with Crippen molar-refractivity contribution in [3.8, 4) is 5.75 Å². The van der Waals surface area contributed by atoms with Crippen LogP contribution in [0.1, 0.15) is 5.56 Å². The van der Waals surface area contributed by atoms with Crippen LogP contribution in [0.15, 0.2) is 36.7 Å². The van der Waals surface area contributed by atoms with Crippen LogP contribution in [-0.4, -0.2) is 42.8 Å². The number of hydrogen-bond donors (Lipinski definition) is 1. The van der Waals surface area contributed by atoms with Gasteiger partial charge in [0.15, 0.2) is 5.75 Å². The van der Waals surface area contributed by atoms with Gasteiger partial charge in [0.25, 0.3) is 0 Å². The normalized spacial score (nSPS) is 11.7. The summed E-state index contributed by atoms with van der Waals surface area (Å²) in [5.74, 6) is -0.373. The van der Waals surface area contributed by atoms with Gasteiger partial charge in [-0.1, -0.05) is 37.8 Å². The molecule has 0 spiro atoms. The number of aromatic nitrogens is 2. The highest BCUT2D eigenvalue weighted by Crippen LogP contribution is 2.35. The molecular weight excluding hydrogens is 469 g/mol. The Morgan fingerprint density at radius 3 is 2.62 bits per heavy atom. The number of nitrogens with zero attached hydrogens (tertiary/aromatic N) is 3. The van der Waals surface area contributed by atoms with Gasteiger partial charge in [-0.25, -0.2) is 14.4 Å². The molecule has 0 aliphatic rings. The van der Waals surface area contributed by atoms with Gasteiger partial charge >= 0.3 is 12.3 Å². The Morgan fingerprint density at radius 2 is 1.94 bits per heavy atom. The molecule has 2 aromatic carbocycles. The van der Waals surface area contributed by atoms with Crippen molar-refractivity contribution >= 4 is 36.2 Å². The van der Waals surface area contributed by atoms with Crippen LogP contribution in [-0.2, 0) is 11.2 Å². The highest BCUT2D eigenvalue weighted by Gasteiger charge is 2.21. The summed E-state index contributed by atoms with van der Waals surface area (Å²) in [7, 11) is -1.36. The van der Waals surface area contributed by atoms with Crippen molar-refractivity contribution in [3.63, 3.8) is 0 Å². The van der Waals surface area contributed by atoms with Gasteiger partial charge in [-0.3, -0.25) is 10.1 Å². The molecule has 0 saturated heterocycles. The number of benzene rings is 2. The second-order valence-corrected chi connectivity index (χ2v) is 14.4. The Kier molecular flexibility index (Phi) is 8.05. The summed E-state index contributed by atoms with van der Waals surface area (Å²) in [5, 5.41) is 14.8. The van der Waals surface area contributed by atoms with Crippen molar-refractivity contribution in [1.82, 2.24) is 9.97 Å². The number of nitrogens with one attached hydrogen (secondary N) is 1. The average molecular weight is 495 g/mol. The van der Waals surface area contributed by atoms with Crippen molar-refractivity contribution in [1.29, 1.82) is 0 Å². The fourth-order valence-corrected chi connectivity index (χ4v) is 4.25. The van der Waals surface area contributed by atoms with Crippen LogP contribution in [0.4, 0.5) is 30.4 Å². The number of fused-ring (bicyclic) bond motifs is 1. The lowest BCUT2D eigenvalue weighted by molar-refractivity contribution is -0.385. The molecule has 3 aromatic rings. The first-order valence-electron chi connectivity index (χ1n) is 10.6. The van der Waals surface area contributed by atoms with E-state index in [0.717, 1.165) is 6.04 Å². The molecule has 0 unspecified atom stereocenters. The quantitative estimate of drug-likeness (QED) is 0.153. The predicted octanol–water partition coefficient (Wildman–Crippen LogP) is 5.92. The van der Waals surface area contributed by atoms with E-state index < -0.39 is 37.7 Å². The number of hydrogen-bond acceptors (Lipinski definition) is 7. The first-order valence-corrected chi connectivity index (χ1v) is 14.3. The van der Waals surface area contributed by atoms with Crippen molar-refractivity contribution in [2.75, 3.05) is 18.5 Å². The molecule has 0 radical (unpaired) electrons. The second kappa shape index (κ2) is 10.8. The Bertz CT molecular complexity index is 1170. The molecule has 0 saturated carbocycles. The molecule has 1 aromatic heterocycles. The van der Waals surface area contributed by atoms with Crippen molar-refractivity contribution < 1.29 is 27.6 Å². The van der Waals surface area contributed by atoms with Crippen LogP contribution in [0.5, 0.6) is 5.75 Å². The average Bonchev–Trinajstić information content (AvgIpc) is 2.76. The minimum absolute atomic E-state index is 0.153. The summed E-state index contributed by atoms with van der Waals surface area (Å²) in [6.07, 6.45) is 1.84. The summed E-state index contributed by atoms with van der Waals surface area (Å²) >= 11 is 0. The maximum atomic E-state index is 15.2. The van der Waals surface area contributed by atoms with E-state index in [1.165, 1.54) is 18.5 Å². The zero-order valence-electron chi connectivity index (χ0n) is 19.0. The number of nitro benzene ring substituents is 1. The number of anilines is 2. The van der Waals surface area contributed by atoms with Gasteiger partial charge in [-0.2, -0.15) is 8.78 Å². The summed E-state index contributed by atoms with van der Waals surface area (Å²) < 4.78 is 48.7. The van der Waals surface area contributed by atoms with Crippen LogP contribution in [0.25, 0.3) is 10.9 Å². The maximum Gasteiger partial charge on any atom is 0.345 e. The summed E-state index contributed by atoms with van der Waals surface area (Å²) in [4.78, 5) is 19.2. The lowest BCUT2D eigenvalue weighted by Gasteiger charge is -2.17. The first-order chi connectivity index (χ1) is 16.0. The van der Waals surface area contributed by atoms with E-state index in [1.807, 2.05) is 0 Å². The number of ether oxygens (including phenoxy) is 2. The highest BCUT2D eigenvalue weighted by atomic mass is 28.3. The summed E-state index contributed by atoms with van der Waals surface area (Å²) in [6, 6.07) is 8.49. The molecular formula is C22H25F3N4O4Si. The fraction of sp³-hybridized carbons (Fsp3) is 0.364. The SMILES string of the molecule is C[Si](C)(C)CCc1cccc(Nc2ncnc3cc(OCCOC(F)F)c([N+](=O)[O-])cc23)c1F. The lowest BCUT2D eigenvalue weighted by Crippen LogP contribution is -2.20. The molecule has 0 fully saturated rings. The van der Waals surface area contributed by atoms with Crippen LogP contribution in [0.3, 0.4) is 0 Å². The van der Waals surface area contributed by atoms with Crippen molar-refractivity contribution in [2.45, 2.75) is 38.7 Å². The third-order valence-corrected chi connectivity index (χ3v) is 6.72. The van der Waals surface area contributed by atoms with Gasteiger partial charge in [0, 0.05) is 20.2 Å². The molecule has 1 heterocycles. The number of rotatable bonds is 11. The van der Waals surface area contributed by atoms with Crippen molar-refractivity contribution in [3.05, 3.63) is 58.2 Å². The molecule has 0 bridgehead atoms. The van der Waals surface area contributed by atoms with Crippen LogP contribution < -0.4 is 10.1 Å². The molecule has 34 heavy (non-hydrogen) atoms. The van der Waals surface area contributed by atoms with E-state index >= 15 is 4.39 Å². The molecule has 8 nitrogen and oxygen atoms in total. The smallest absolute Gasteiger partial charge is 0.345 e. The van der Waals surface area contributed by atoms with E-state index in [9.17, 15) is 18.9 Å². The summed E-state index contributed by atoms with van der Waals surface area (Å²) in [5.41, 5.74) is 0.661. The van der Waals surface area contributed by atoms with Gasteiger partial charge in [0.1, 0.15) is 24.6 Å². The van der Waals surface area contributed by atoms with Crippen LogP contribution >= 0.6 is 0 Å². The van der Waals surface area contributed by atoms with Gasteiger partial charge in [0.05, 0.1) is 28.1 Å². The third kappa shape index (κ3) is 6.64. The minimum Gasteiger partial charge on any atom is -0.484 e. The standard InChI is InChI=1S/C22H25F3N4O4Si/c1-34(2,3)10-7-14-5-4-6-16(20(14)23)28-21-15-11-18(29(30)31)19(12-17(15)26-13-27-21)32-8-9-33-22(24)25/h4-6,11-13,22H,7-10H2,1-3H3,(H,26,27,28). The van der Waals surface area contributed by atoms with E-state index in [1.54, 1.807) is 18.2 Å². The maximum absolute atomic E-state index is 15.2. The number of nitro groups is 1. The van der Waals surface area contributed by atoms with E-state index in [0.29, 0.717) is 17.5 Å². The fourth-order valence-electron chi connectivity index (χ4n) is 3.23. The monoisotopic (exact) mass is 494 g/mol. The highest BCUT2D eigenvalue weighted by molar-refractivity contribution is 6.76. The minimum atomic E-state index is -2.97. The van der Waals surface area contributed by atoms with E-state index in [4.69, 9.17) is 4.74 Å². The van der Waals surface area contributed by atoms with Gasteiger partial charge in [-0.15, -0.1) is 0 Å². The molecule has 12 heteroatoms. The molecule has 1 N–H and O–H groups in total. The molecule has 3 rings (SSSR count). The zero-order valence-corrected chi connectivity index (χ0v) is 20.0. The lowest BCUT2D eigenvalue weighted by atomic mass is 10.1.